The molecule has 0 aliphatic carbocycles. The van der Waals surface area contributed by atoms with Gasteiger partial charge in [0.2, 0.25) is 0 Å². The third-order valence-electron chi connectivity index (χ3n) is 5.00. The van der Waals surface area contributed by atoms with Gasteiger partial charge in [-0.2, -0.15) is 0 Å². The van der Waals surface area contributed by atoms with E-state index in [2.05, 4.69) is 16.0 Å². The lowest BCUT2D eigenvalue weighted by Gasteiger charge is -2.32. The number of nitrogens with zero attached hydrogens (tertiary/aromatic N) is 3. The van der Waals surface area contributed by atoms with Crippen LogP contribution in [0.3, 0.4) is 0 Å². The van der Waals surface area contributed by atoms with Gasteiger partial charge in [-0.15, -0.1) is 11.3 Å². The minimum atomic E-state index is -0.334. The molecule has 3 aromatic rings. The van der Waals surface area contributed by atoms with Gasteiger partial charge in [0.05, 0.1) is 10.6 Å². The van der Waals surface area contributed by atoms with Gasteiger partial charge in [0.1, 0.15) is 11.4 Å². The van der Waals surface area contributed by atoms with Gasteiger partial charge in [0, 0.05) is 30.4 Å². The molecule has 1 atom stereocenters. The monoisotopic (exact) mass is 394 g/mol. The molecule has 28 heavy (non-hydrogen) atoms. The number of amides is 1. The summed E-state index contributed by atoms with van der Waals surface area (Å²) < 4.78 is 0. The van der Waals surface area contributed by atoms with Gasteiger partial charge < -0.3 is 9.88 Å². The Labute approximate surface area is 167 Å². The second-order valence-electron chi connectivity index (χ2n) is 7.20. The standard InChI is InChI=1S/C21H22N4O2S/c1-13-7-8-16(20(26)23-13)21(27)25-9-3-5-15(12-25)19-22-14(2)11-17(24-19)18-6-4-10-28-18/h4,6-8,10-11,15H,3,5,9,12H2,1-2H3,(H,23,26)/t15-/m1/s1. The van der Waals surface area contributed by atoms with E-state index in [4.69, 9.17) is 4.98 Å². The second kappa shape index (κ2) is 7.67. The number of carbonyl (C=O) groups is 1. The Morgan fingerprint density at radius 2 is 2.11 bits per heavy atom. The van der Waals surface area contributed by atoms with Crippen molar-refractivity contribution in [3.8, 4) is 10.6 Å². The van der Waals surface area contributed by atoms with Crippen LogP contribution in [0.2, 0.25) is 0 Å². The molecule has 0 aromatic carbocycles. The number of likely N-dealkylation sites (tertiary alicyclic amines) is 1. The maximum atomic E-state index is 12.9. The van der Waals surface area contributed by atoms with Crippen molar-refractivity contribution in [2.24, 2.45) is 0 Å². The fourth-order valence-corrected chi connectivity index (χ4v) is 4.29. The molecule has 3 aromatic heterocycles. The molecule has 144 valence electrons. The molecule has 7 heteroatoms. The van der Waals surface area contributed by atoms with Crippen LogP contribution in [-0.4, -0.2) is 38.8 Å². The van der Waals surface area contributed by atoms with Crippen LogP contribution >= 0.6 is 11.3 Å². The fraction of sp³-hybridized carbons (Fsp3) is 0.333. The Morgan fingerprint density at radius 3 is 2.86 bits per heavy atom. The third-order valence-corrected chi connectivity index (χ3v) is 5.90. The van der Waals surface area contributed by atoms with Crippen LogP contribution in [0.4, 0.5) is 0 Å². The number of aryl methyl sites for hydroxylation is 2. The van der Waals surface area contributed by atoms with Gasteiger partial charge in [-0.25, -0.2) is 9.97 Å². The first-order chi connectivity index (χ1) is 13.5. The minimum Gasteiger partial charge on any atom is -0.338 e. The highest BCUT2D eigenvalue weighted by Crippen LogP contribution is 2.29. The lowest BCUT2D eigenvalue weighted by molar-refractivity contribution is 0.0702. The van der Waals surface area contributed by atoms with E-state index in [0.29, 0.717) is 13.1 Å². The normalized spacial score (nSPS) is 16.9. The van der Waals surface area contributed by atoms with E-state index in [-0.39, 0.29) is 22.9 Å². The molecule has 1 amide bonds. The summed E-state index contributed by atoms with van der Waals surface area (Å²) in [5, 5.41) is 2.03. The smallest absolute Gasteiger partial charge is 0.260 e. The van der Waals surface area contributed by atoms with Crippen LogP contribution in [0.1, 0.15) is 46.3 Å². The topological polar surface area (TPSA) is 79.0 Å². The highest BCUT2D eigenvalue weighted by Gasteiger charge is 2.28. The summed E-state index contributed by atoms with van der Waals surface area (Å²) in [6.45, 7) is 4.94. The summed E-state index contributed by atoms with van der Waals surface area (Å²) in [4.78, 5) is 40.1. The van der Waals surface area contributed by atoms with Crippen molar-refractivity contribution >= 4 is 17.2 Å². The molecule has 1 aliphatic rings. The van der Waals surface area contributed by atoms with Gasteiger partial charge in [0.25, 0.3) is 11.5 Å². The lowest BCUT2D eigenvalue weighted by atomic mass is 9.96. The molecule has 6 nitrogen and oxygen atoms in total. The summed E-state index contributed by atoms with van der Waals surface area (Å²) in [7, 11) is 0. The van der Waals surface area contributed by atoms with Crippen LogP contribution in [0.5, 0.6) is 0 Å². The van der Waals surface area contributed by atoms with Gasteiger partial charge >= 0.3 is 0 Å². The van der Waals surface area contributed by atoms with E-state index in [0.717, 1.165) is 40.6 Å². The minimum absolute atomic E-state index is 0.0702. The van der Waals surface area contributed by atoms with Crippen molar-refractivity contribution in [1.82, 2.24) is 19.9 Å². The van der Waals surface area contributed by atoms with Crippen LogP contribution in [0, 0.1) is 13.8 Å². The number of H-pyrrole nitrogens is 1. The van der Waals surface area contributed by atoms with Gasteiger partial charge in [-0.3, -0.25) is 9.59 Å². The molecule has 4 heterocycles. The van der Waals surface area contributed by atoms with Crippen molar-refractivity contribution in [3.63, 3.8) is 0 Å². The fourth-order valence-electron chi connectivity index (χ4n) is 3.61. The van der Waals surface area contributed by atoms with E-state index in [1.807, 2.05) is 24.4 Å². The first-order valence-corrected chi connectivity index (χ1v) is 10.3. The highest BCUT2D eigenvalue weighted by molar-refractivity contribution is 7.13. The number of aromatic nitrogens is 3. The molecule has 1 N–H and O–H groups in total. The van der Waals surface area contributed by atoms with E-state index >= 15 is 0 Å². The molecule has 0 spiro atoms. The van der Waals surface area contributed by atoms with Crippen LogP contribution in [0.25, 0.3) is 10.6 Å². The van der Waals surface area contributed by atoms with E-state index in [1.54, 1.807) is 35.3 Å². The maximum absolute atomic E-state index is 12.9. The van der Waals surface area contributed by atoms with E-state index in [9.17, 15) is 9.59 Å². The number of hydrogen-bond donors (Lipinski definition) is 1. The Kier molecular flexibility index (Phi) is 5.09. The summed E-state index contributed by atoms with van der Waals surface area (Å²) >= 11 is 1.65. The number of hydrogen-bond acceptors (Lipinski definition) is 5. The molecule has 1 aliphatic heterocycles. The second-order valence-corrected chi connectivity index (χ2v) is 8.15. The average molecular weight is 395 g/mol. The Morgan fingerprint density at radius 1 is 1.25 bits per heavy atom. The quantitative estimate of drug-likeness (QED) is 0.737. The number of piperidine rings is 1. The summed E-state index contributed by atoms with van der Waals surface area (Å²) in [5.74, 6) is 0.622. The van der Waals surface area contributed by atoms with E-state index < -0.39 is 0 Å². The van der Waals surface area contributed by atoms with Crippen LogP contribution in [-0.2, 0) is 0 Å². The van der Waals surface area contributed by atoms with E-state index in [1.165, 1.54) is 0 Å². The Hall–Kier alpha value is -2.80. The van der Waals surface area contributed by atoms with Crippen molar-refractivity contribution < 1.29 is 4.79 Å². The van der Waals surface area contributed by atoms with Crippen LogP contribution in [0.15, 0.2) is 40.5 Å². The maximum Gasteiger partial charge on any atom is 0.260 e. The Bertz CT molecular complexity index is 1060. The van der Waals surface area contributed by atoms with Gasteiger partial charge in [-0.05, 0) is 56.3 Å². The van der Waals surface area contributed by atoms with Gasteiger partial charge in [-0.1, -0.05) is 6.07 Å². The lowest BCUT2D eigenvalue weighted by Crippen LogP contribution is -2.41. The predicted molar refractivity (Wildman–Crippen MR) is 110 cm³/mol. The molecular formula is C21H22N4O2S. The average Bonchev–Trinajstić information content (AvgIpc) is 3.22. The third kappa shape index (κ3) is 3.75. The zero-order valence-corrected chi connectivity index (χ0v) is 16.8. The first-order valence-electron chi connectivity index (χ1n) is 9.40. The summed E-state index contributed by atoms with van der Waals surface area (Å²) in [5.41, 5.74) is 2.45. The number of thiophene rings is 1. The zero-order valence-electron chi connectivity index (χ0n) is 15.9. The molecule has 1 fully saturated rings. The number of pyridine rings is 1. The Balaban J connectivity index is 1.59. The predicted octanol–water partition coefficient (Wildman–Crippen LogP) is 3.53. The number of aromatic amines is 1. The SMILES string of the molecule is Cc1cc(-c2cccs2)nc([C@@H]2CCCN(C(=O)c3ccc(C)[nH]c3=O)C2)n1. The molecular weight excluding hydrogens is 372 g/mol. The number of carbonyl (C=O) groups excluding carboxylic acids is 1. The molecule has 0 bridgehead atoms. The first kappa shape index (κ1) is 18.6. The van der Waals surface area contributed by atoms with Crippen molar-refractivity contribution in [2.45, 2.75) is 32.6 Å². The van der Waals surface area contributed by atoms with Crippen molar-refractivity contribution in [1.29, 1.82) is 0 Å². The zero-order chi connectivity index (χ0) is 19.7. The molecule has 4 rings (SSSR count). The van der Waals surface area contributed by atoms with Gasteiger partial charge in [0.15, 0.2) is 0 Å². The summed E-state index contributed by atoms with van der Waals surface area (Å²) in [6, 6.07) is 9.42. The van der Waals surface area contributed by atoms with Crippen LogP contribution < -0.4 is 5.56 Å². The molecule has 0 unspecified atom stereocenters. The highest BCUT2D eigenvalue weighted by atomic mass is 32.1. The molecule has 0 saturated carbocycles. The largest absolute Gasteiger partial charge is 0.338 e. The summed E-state index contributed by atoms with van der Waals surface area (Å²) in [6.07, 6.45) is 1.80. The molecule has 1 saturated heterocycles. The van der Waals surface area contributed by atoms with Crippen molar-refractivity contribution in [2.75, 3.05) is 13.1 Å². The molecule has 0 radical (unpaired) electrons. The van der Waals surface area contributed by atoms with Crippen molar-refractivity contribution in [3.05, 3.63) is 68.8 Å². The number of nitrogens with one attached hydrogen (secondary N) is 1. The number of rotatable bonds is 3.